The molecule has 0 aliphatic rings. The van der Waals surface area contributed by atoms with E-state index in [9.17, 15) is 0 Å². The third-order valence-electron chi connectivity index (χ3n) is 10.2. The van der Waals surface area contributed by atoms with Crippen molar-refractivity contribution in [2.75, 3.05) is 0 Å². The second-order valence-electron chi connectivity index (χ2n) is 13.3. The average Bonchev–Trinajstić information content (AvgIpc) is 3.87. The summed E-state index contributed by atoms with van der Waals surface area (Å²) in [5, 5.41) is 10.6. The number of rotatable bonds is 3. The Labute approximate surface area is 309 Å². The van der Waals surface area contributed by atoms with Gasteiger partial charge in [0.25, 0.3) is 0 Å². The number of aromatic nitrogens is 1. The summed E-state index contributed by atoms with van der Waals surface area (Å²) in [6.45, 7) is 5.25. The second-order valence-corrected chi connectivity index (χ2v) is 15.4. The minimum atomic E-state index is 1.18. The van der Waals surface area contributed by atoms with Crippen LogP contribution >= 0.6 is 22.7 Å². The van der Waals surface area contributed by atoms with Gasteiger partial charge in [0, 0.05) is 46.7 Å². The van der Waals surface area contributed by atoms with Crippen molar-refractivity contribution in [1.82, 2.24) is 4.57 Å². The van der Waals surface area contributed by atoms with E-state index in [1.807, 2.05) is 29.6 Å². The number of nitrogens with zero attached hydrogens (tertiary/aromatic N) is 1. The zero-order valence-corrected chi connectivity index (χ0v) is 30.3. The Balaban J connectivity index is 0.00000109. The summed E-state index contributed by atoms with van der Waals surface area (Å²) in [6, 6.07) is 60.4. The number of thiophene rings is 2. The summed E-state index contributed by atoms with van der Waals surface area (Å²) >= 11 is 3.81. The fourth-order valence-corrected chi connectivity index (χ4v) is 10.4. The first kappa shape index (κ1) is 30.8. The molecular formula is C49H33NS2. The van der Waals surface area contributed by atoms with Crippen LogP contribution in [0.15, 0.2) is 176 Å². The van der Waals surface area contributed by atoms with Crippen LogP contribution < -0.4 is 0 Å². The SMILES string of the molecule is C=CC.c1ccc(-c2ccc3sc4ccc(-c5ccc(-n6c7ccccc7c7sc8c9ccccc9c9ccccc9c8c76)cc5)cc4c3c2)cc1. The third-order valence-corrected chi connectivity index (χ3v) is 12.6. The molecule has 0 aliphatic heterocycles. The van der Waals surface area contributed by atoms with Crippen LogP contribution in [0.4, 0.5) is 0 Å². The van der Waals surface area contributed by atoms with Crippen molar-refractivity contribution in [2.24, 2.45) is 0 Å². The minimum Gasteiger partial charge on any atom is -0.308 e. The minimum absolute atomic E-state index is 1.18. The van der Waals surface area contributed by atoms with Crippen molar-refractivity contribution in [1.29, 1.82) is 0 Å². The molecule has 3 heteroatoms. The van der Waals surface area contributed by atoms with Gasteiger partial charge in [-0.3, -0.25) is 0 Å². The number of hydrogen-bond donors (Lipinski definition) is 0. The van der Waals surface area contributed by atoms with E-state index >= 15 is 0 Å². The molecular weight excluding hydrogens is 667 g/mol. The summed E-state index contributed by atoms with van der Waals surface area (Å²) in [6.07, 6.45) is 1.75. The van der Waals surface area contributed by atoms with Crippen LogP contribution in [0.2, 0.25) is 0 Å². The average molecular weight is 700 g/mol. The predicted molar refractivity (Wildman–Crippen MR) is 231 cm³/mol. The molecule has 0 fully saturated rings. The van der Waals surface area contributed by atoms with Gasteiger partial charge >= 0.3 is 0 Å². The normalized spacial score (nSPS) is 11.6. The van der Waals surface area contributed by atoms with Crippen molar-refractivity contribution < 1.29 is 0 Å². The predicted octanol–water partition coefficient (Wildman–Crippen LogP) is 15.2. The Kier molecular flexibility index (Phi) is 7.31. The maximum atomic E-state index is 3.36. The molecule has 0 unspecified atom stereocenters. The largest absolute Gasteiger partial charge is 0.308 e. The van der Waals surface area contributed by atoms with Crippen molar-refractivity contribution >= 4 is 95.6 Å². The molecule has 11 aromatic rings. The lowest BCUT2D eigenvalue weighted by Crippen LogP contribution is -1.94. The van der Waals surface area contributed by atoms with E-state index < -0.39 is 0 Å². The third kappa shape index (κ3) is 4.74. The monoisotopic (exact) mass is 699 g/mol. The first-order valence-electron chi connectivity index (χ1n) is 17.7. The second kappa shape index (κ2) is 12.3. The lowest BCUT2D eigenvalue weighted by Gasteiger charge is -2.12. The van der Waals surface area contributed by atoms with E-state index in [1.54, 1.807) is 6.08 Å². The standard InChI is InChI=1S/C46H27NS2.C3H6/c1-2-10-28(11-3-1)30-20-24-41-38(26-30)39-27-31(21-25-42(39)48-41)29-18-22-32(23-19-29)47-40-17-9-8-16-37(40)46-44(47)43-35-14-6-4-12-33(35)34-13-5-7-15-36(34)45(43)49-46;1-3-2/h1-27H;3H,1H2,2H3. The smallest absolute Gasteiger partial charge is 0.0734 e. The van der Waals surface area contributed by atoms with Crippen LogP contribution in [0, 0.1) is 0 Å². The van der Waals surface area contributed by atoms with Gasteiger partial charge in [-0.25, -0.2) is 0 Å². The Bertz CT molecular complexity index is 3140. The maximum Gasteiger partial charge on any atom is 0.0734 e. The van der Waals surface area contributed by atoms with Gasteiger partial charge < -0.3 is 4.57 Å². The molecule has 0 N–H and O–H groups in total. The van der Waals surface area contributed by atoms with E-state index in [0.717, 1.165) is 0 Å². The molecule has 0 amide bonds. The number of benzene rings is 8. The highest BCUT2D eigenvalue weighted by Crippen LogP contribution is 2.48. The van der Waals surface area contributed by atoms with Gasteiger partial charge in [-0.2, -0.15) is 0 Å². The fraction of sp³-hybridized carbons (Fsp3) is 0.0204. The number of allylic oxidation sites excluding steroid dienone is 1. The number of para-hydroxylation sites is 1. The molecule has 8 aromatic carbocycles. The molecule has 0 saturated carbocycles. The Morgan fingerprint density at radius 1 is 0.442 bits per heavy atom. The summed E-state index contributed by atoms with van der Waals surface area (Å²) < 4.78 is 7.86. The van der Waals surface area contributed by atoms with Crippen molar-refractivity contribution in [3.05, 3.63) is 176 Å². The van der Waals surface area contributed by atoms with Crippen LogP contribution in [0.5, 0.6) is 0 Å². The van der Waals surface area contributed by atoms with E-state index in [4.69, 9.17) is 0 Å². The first-order chi connectivity index (χ1) is 25.7. The zero-order valence-electron chi connectivity index (χ0n) is 28.6. The quantitative estimate of drug-likeness (QED) is 0.128. The van der Waals surface area contributed by atoms with E-state index in [-0.39, 0.29) is 0 Å². The van der Waals surface area contributed by atoms with Gasteiger partial charge in [0.1, 0.15) is 0 Å². The van der Waals surface area contributed by atoms with E-state index in [2.05, 4.69) is 175 Å². The summed E-state index contributed by atoms with van der Waals surface area (Å²) in [7, 11) is 0. The first-order valence-corrected chi connectivity index (χ1v) is 19.3. The van der Waals surface area contributed by atoms with Crippen LogP contribution in [0.25, 0.3) is 101 Å². The molecule has 0 radical (unpaired) electrons. The van der Waals surface area contributed by atoms with Gasteiger partial charge in [-0.1, -0.05) is 127 Å². The van der Waals surface area contributed by atoms with E-state index in [1.165, 1.54) is 101 Å². The van der Waals surface area contributed by atoms with E-state index in [0.29, 0.717) is 0 Å². The van der Waals surface area contributed by atoms with Crippen molar-refractivity contribution in [3.8, 4) is 27.9 Å². The zero-order chi connectivity index (χ0) is 34.8. The van der Waals surface area contributed by atoms with Gasteiger partial charge in [0.15, 0.2) is 0 Å². The van der Waals surface area contributed by atoms with Crippen LogP contribution in [0.1, 0.15) is 6.92 Å². The summed E-state index contributed by atoms with van der Waals surface area (Å²) in [5.74, 6) is 0. The highest BCUT2D eigenvalue weighted by molar-refractivity contribution is 7.28. The number of fused-ring (bicyclic) bond motifs is 13. The van der Waals surface area contributed by atoms with Gasteiger partial charge in [0.2, 0.25) is 0 Å². The van der Waals surface area contributed by atoms with Gasteiger partial charge in [0.05, 0.1) is 15.7 Å². The Hall–Kier alpha value is -6.00. The van der Waals surface area contributed by atoms with Gasteiger partial charge in [-0.15, -0.1) is 29.3 Å². The molecule has 246 valence electrons. The molecule has 0 aliphatic carbocycles. The maximum absolute atomic E-state index is 3.36. The highest BCUT2D eigenvalue weighted by atomic mass is 32.1. The molecule has 0 bridgehead atoms. The molecule has 0 saturated heterocycles. The Morgan fingerprint density at radius 2 is 0.942 bits per heavy atom. The van der Waals surface area contributed by atoms with Crippen molar-refractivity contribution in [3.63, 3.8) is 0 Å². The van der Waals surface area contributed by atoms with Crippen LogP contribution in [-0.2, 0) is 0 Å². The van der Waals surface area contributed by atoms with Crippen molar-refractivity contribution in [2.45, 2.75) is 6.92 Å². The van der Waals surface area contributed by atoms with Gasteiger partial charge in [-0.05, 0) is 87.8 Å². The molecule has 0 spiro atoms. The topological polar surface area (TPSA) is 4.93 Å². The molecule has 3 aromatic heterocycles. The highest BCUT2D eigenvalue weighted by Gasteiger charge is 2.21. The molecule has 3 heterocycles. The molecule has 52 heavy (non-hydrogen) atoms. The molecule has 11 rings (SSSR count). The van der Waals surface area contributed by atoms with Crippen LogP contribution in [-0.4, -0.2) is 4.57 Å². The fourth-order valence-electron chi connectivity index (χ4n) is 7.93. The molecule has 1 nitrogen and oxygen atoms in total. The molecule has 0 atom stereocenters. The summed E-state index contributed by atoms with van der Waals surface area (Å²) in [5.41, 5.74) is 8.71. The number of hydrogen-bond acceptors (Lipinski definition) is 2. The Morgan fingerprint density at radius 3 is 1.60 bits per heavy atom. The summed E-state index contributed by atoms with van der Waals surface area (Å²) in [4.78, 5) is 0. The lowest BCUT2D eigenvalue weighted by atomic mass is 9.98. The van der Waals surface area contributed by atoms with Crippen LogP contribution in [0.3, 0.4) is 0 Å². The lowest BCUT2D eigenvalue weighted by molar-refractivity contribution is 1.19.